The van der Waals surface area contributed by atoms with Gasteiger partial charge in [-0.1, -0.05) is 0 Å². The van der Waals surface area contributed by atoms with Gasteiger partial charge < -0.3 is 0 Å². The predicted molar refractivity (Wildman–Crippen MR) is 45.5 cm³/mol. The molecule has 0 aromatic heterocycles. The Morgan fingerprint density at radius 3 is 1.39 bits per heavy atom. The van der Waals surface area contributed by atoms with E-state index in [2.05, 4.69) is 9.68 Å². The maximum absolute atomic E-state index is 12.2. The highest BCUT2D eigenvalue weighted by Gasteiger charge is 2.16. The Morgan fingerprint density at radius 1 is 0.778 bits per heavy atom. The van der Waals surface area contributed by atoms with Gasteiger partial charge in [-0.3, -0.25) is 0 Å². The summed E-state index contributed by atoms with van der Waals surface area (Å²) in [6, 6.07) is 0. The molecule has 0 atom stereocenters. The minimum Gasteiger partial charge on any atom is -0.206 e. The molecule has 0 spiro atoms. The van der Waals surface area contributed by atoms with E-state index in [-0.39, 0.29) is 0 Å². The molecular formula is C8H8F6NO3+. The van der Waals surface area contributed by atoms with Crippen molar-refractivity contribution < 1.29 is 41.1 Å². The molecule has 0 aliphatic heterocycles. The van der Waals surface area contributed by atoms with Crippen molar-refractivity contribution in [3.63, 3.8) is 0 Å². The molecule has 4 nitrogen and oxygen atoms in total. The zero-order valence-corrected chi connectivity index (χ0v) is 8.77. The van der Waals surface area contributed by atoms with Crippen LogP contribution in [0.2, 0.25) is 0 Å². The maximum Gasteiger partial charge on any atom is 0.477 e. The monoisotopic (exact) mass is 280 g/mol. The van der Waals surface area contributed by atoms with Crippen LogP contribution < -0.4 is 0 Å². The lowest BCUT2D eigenvalue weighted by atomic mass is 10.4. The highest BCUT2D eigenvalue weighted by molar-refractivity contribution is 4.91. The molecule has 0 aromatic carbocycles. The molecule has 0 N–H and O–H groups in total. The molecule has 0 fully saturated rings. The molecule has 10 heteroatoms. The van der Waals surface area contributed by atoms with Crippen LogP contribution in [0.1, 0.15) is 12.8 Å². The van der Waals surface area contributed by atoms with E-state index < -0.39 is 55.0 Å². The molecule has 18 heavy (non-hydrogen) atoms. The predicted octanol–water partition coefficient (Wildman–Crippen LogP) is 3.56. The van der Waals surface area contributed by atoms with Gasteiger partial charge >= 0.3 is 17.2 Å². The summed E-state index contributed by atoms with van der Waals surface area (Å²) in [5, 5.41) is -0.604. The molecule has 0 heterocycles. The molecule has 0 rings (SSSR count). The van der Waals surface area contributed by atoms with Gasteiger partial charge in [0.1, 0.15) is 4.91 Å². The largest absolute Gasteiger partial charge is 0.477 e. The van der Waals surface area contributed by atoms with Gasteiger partial charge in [0, 0.05) is 12.8 Å². The van der Waals surface area contributed by atoms with Crippen molar-refractivity contribution in [1.82, 2.24) is 0 Å². The minimum atomic E-state index is -2.54. The van der Waals surface area contributed by atoms with E-state index >= 15 is 0 Å². The molecule has 0 aromatic rings. The third-order valence-corrected chi connectivity index (χ3v) is 1.45. The fourth-order valence-corrected chi connectivity index (χ4v) is 0.646. The zero-order chi connectivity index (χ0) is 14.1. The van der Waals surface area contributed by atoms with Gasteiger partial charge in [0.15, 0.2) is 24.9 Å². The number of rotatable bonds is 8. The number of nitrogens with zero attached hydrogens (tertiary/aromatic N) is 1. The average Bonchev–Trinajstić information content (AvgIpc) is 2.28. The Bertz CT molecular complexity index is 317. The van der Waals surface area contributed by atoms with Crippen molar-refractivity contribution in [3.8, 4) is 0 Å². The Balaban J connectivity index is 3.74. The van der Waals surface area contributed by atoms with Crippen molar-refractivity contribution in [3.05, 3.63) is 28.7 Å². The van der Waals surface area contributed by atoms with Gasteiger partial charge in [-0.15, -0.1) is 0 Å². The summed E-state index contributed by atoms with van der Waals surface area (Å²) in [5.74, 6) is -3.51. The van der Waals surface area contributed by atoms with Crippen LogP contribution in [0.5, 0.6) is 0 Å². The van der Waals surface area contributed by atoms with Gasteiger partial charge in [-0.2, -0.15) is 27.2 Å². The number of hydrogen-bond donors (Lipinski definition) is 0. The van der Waals surface area contributed by atoms with Crippen LogP contribution in [0, 0.1) is 4.91 Å². The van der Waals surface area contributed by atoms with Crippen LogP contribution in [-0.4, -0.2) is 18.3 Å². The summed E-state index contributed by atoms with van der Waals surface area (Å²) in [5.41, 5.74) is 0. The van der Waals surface area contributed by atoms with Gasteiger partial charge in [0.25, 0.3) is 0 Å². The fourth-order valence-electron chi connectivity index (χ4n) is 0.646. The van der Waals surface area contributed by atoms with Crippen molar-refractivity contribution >= 4 is 0 Å². The highest BCUT2D eigenvalue weighted by Crippen LogP contribution is 2.14. The molecule has 0 aliphatic carbocycles. The third-order valence-electron chi connectivity index (χ3n) is 1.45. The smallest absolute Gasteiger partial charge is 0.206 e. The van der Waals surface area contributed by atoms with Gasteiger partial charge in [0.05, 0.1) is 0 Å². The highest BCUT2D eigenvalue weighted by atomic mass is 19.3. The normalized spacial score (nSPS) is 9.67. The maximum atomic E-state index is 12.2. The summed E-state index contributed by atoms with van der Waals surface area (Å²) in [6.45, 7) is -1.50. The lowest BCUT2D eigenvalue weighted by Gasteiger charge is -1.94. The molecule has 0 unspecified atom stereocenters. The molecule has 0 amide bonds. The first-order chi connectivity index (χ1) is 8.34. The summed E-state index contributed by atoms with van der Waals surface area (Å²) in [4.78, 5) is 18.6. The second-order valence-electron chi connectivity index (χ2n) is 2.72. The van der Waals surface area contributed by atoms with E-state index in [1.165, 1.54) is 0 Å². The van der Waals surface area contributed by atoms with E-state index in [1.807, 2.05) is 0 Å². The van der Waals surface area contributed by atoms with Gasteiger partial charge in [0.2, 0.25) is 0 Å². The first kappa shape index (κ1) is 16.3. The lowest BCUT2D eigenvalue weighted by Crippen LogP contribution is -2.12. The minimum absolute atomic E-state index is 0.604. The van der Waals surface area contributed by atoms with Crippen molar-refractivity contribution in [1.29, 1.82) is 0 Å². The Kier molecular flexibility index (Phi) is 7.56. The Labute approximate surface area is 96.9 Å². The molecular weight excluding hydrogens is 272 g/mol. The summed E-state index contributed by atoms with van der Waals surface area (Å²) >= 11 is 0. The van der Waals surface area contributed by atoms with Crippen LogP contribution in [0.3, 0.4) is 0 Å². The second-order valence-corrected chi connectivity index (χ2v) is 2.72. The van der Waals surface area contributed by atoms with E-state index in [0.717, 1.165) is 0 Å². The van der Waals surface area contributed by atoms with Crippen LogP contribution in [0.25, 0.3) is 0 Å². The van der Waals surface area contributed by atoms with Crippen molar-refractivity contribution in [2.24, 2.45) is 0 Å². The quantitative estimate of drug-likeness (QED) is 0.504. The molecule has 0 saturated carbocycles. The van der Waals surface area contributed by atoms with Crippen LogP contribution in [0.4, 0.5) is 26.3 Å². The van der Waals surface area contributed by atoms with Crippen molar-refractivity contribution in [2.75, 3.05) is 13.2 Å². The topological polar surface area (TPSA) is 38.5 Å². The first-order valence-corrected chi connectivity index (χ1v) is 4.47. The van der Waals surface area contributed by atoms with Crippen LogP contribution in [0.15, 0.2) is 23.8 Å². The van der Waals surface area contributed by atoms with E-state index in [4.69, 9.17) is 0 Å². The Hall–Kier alpha value is -1.74. The summed E-state index contributed by atoms with van der Waals surface area (Å²) < 4.78 is 70.5. The summed E-state index contributed by atoms with van der Waals surface area (Å²) in [7, 11) is 0. The average molecular weight is 280 g/mol. The summed E-state index contributed by atoms with van der Waals surface area (Å²) in [6.07, 6.45) is -6.81. The number of hydrogen-bond acceptors (Lipinski definition) is 3. The molecule has 0 radical (unpaired) electrons. The zero-order valence-electron chi connectivity index (χ0n) is 8.77. The van der Waals surface area contributed by atoms with Crippen LogP contribution >= 0.6 is 0 Å². The number of halogens is 6. The second kappa shape index (κ2) is 8.37. The van der Waals surface area contributed by atoms with E-state index in [0.29, 0.717) is 0 Å². The standard InChI is InChI=1S/C8H8F6NO3/c9-5(7(11)12)1-3-17-15(16)18-4-2-6(10)8(13)14/h1-4H2/q+1. The Morgan fingerprint density at radius 2 is 1.11 bits per heavy atom. The molecule has 0 bridgehead atoms. The molecule has 104 valence electrons. The van der Waals surface area contributed by atoms with Crippen LogP contribution in [-0.2, 0) is 9.68 Å². The fraction of sp³-hybridized carbons (Fsp3) is 0.500. The first-order valence-electron chi connectivity index (χ1n) is 4.47. The lowest BCUT2D eigenvalue weighted by molar-refractivity contribution is -0.981. The molecule has 0 aliphatic rings. The van der Waals surface area contributed by atoms with Gasteiger partial charge in [-0.25, -0.2) is 8.78 Å². The third kappa shape index (κ3) is 7.52. The van der Waals surface area contributed by atoms with Crippen molar-refractivity contribution in [2.45, 2.75) is 12.8 Å². The van der Waals surface area contributed by atoms with E-state index in [9.17, 15) is 31.2 Å². The SMILES string of the molecule is O=[N+](OCCC(F)=C(F)F)OCCC(F)=C(F)F. The van der Waals surface area contributed by atoms with Gasteiger partial charge in [-0.05, 0) is 0 Å². The molecule has 0 saturated heterocycles. The van der Waals surface area contributed by atoms with E-state index in [1.54, 1.807) is 0 Å².